The molecule has 0 aliphatic carbocycles. The Morgan fingerprint density at radius 2 is 1.83 bits per heavy atom. The molecule has 0 spiro atoms. The lowest BCUT2D eigenvalue weighted by Crippen LogP contribution is -2.50. The Kier molecular flexibility index (Phi) is 9.66. The van der Waals surface area contributed by atoms with Crippen molar-refractivity contribution in [2.45, 2.75) is 51.6 Å². The minimum absolute atomic E-state index is 0.0159. The van der Waals surface area contributed by atoms with Crippen LogP contribution in [0.3, 0.4) is 0 Å². The monoisotopic (exact) mass is 450 g/mol. The van der Waals surface area contributed by atoms with Crippen LogP contribution in [-0.2, 0) is 21.9 Å². The molecule has 4 nitrogen and oxygen atoms in total. The van der Waals surface area contributed by atoms with Crippen molar-refractivity contribution in [3.63, 3.8) is 0 Å². The van der Waals surface area contributed by atoms with E-state index in [1.165, 1.54) is 17.8 Å². The molecule has 0 radical (unpaired) electrons. The third kappa shape index (κ3) is 7.03. The molecular weight excluding hydrogens is 423 g/mol. The molecule has 2 aromatic carbocycles. The Hall–Kier alpha value is -2.05. The highest BCUT2D eigenvalue weighted by Gasteiger charge is 2.28. The Morgan fingerprint density at radius 3 is 2.43 bits per heavy atom. The van der Waals surface area contributed by atoms with Crippen LogP contribution in [-0.4, -0.2) is 34.6 Å². The molecule has 0 aliphatic rings. The van der Waals surface area contributed by atoms with Crippen LogP contribution in [0.5, 0.6) is 0 Å². The van der Waals surface area contributed by atoms with E-state index in [1.807, 2.05) is 51.1 Å². The van der Waals surface area contributed by atoms with Gasteiger partial charge in [-0.2, -0.15) is 0 Å². The van der Waals surface area contributed by atoms with Crippen LogP contribution in [0.25, 0.3) is 0 Å². The number of thioether (sulfide) groups is 1. The molecule has 0 saturated carbocycles. The minimum atomic E-state index is -0.572. The van der Waals surface area contributed by atoms with Crippen molar-refractivity contribution < 1.29 is 14.0 Å². The first kappa shape index (κ1) is 24.2. The Balaban J connectivity index is 2.13. The normalized spacial score (nSPS) is 11.9. The number of hydrogen-bond acceptors (Lipinski definition) is 3. The van der Waals surface area contributed by atoms with Gasteiger partial charge in [0.05, 0.1) is 5.75 Å². The van der Waals surface area contributed by atoms with Gasteiger partial charge in [0.1, 0.15) is 11.9 Å². The summed E-state index contributed by atoms with van der Waals surface area (Å²) in [6, 6.07) is 13.5. The van der Waals surface area contributed by atoms with E-state index in [0.717, 1.165) is 5.56 Å². The molecule has 1 N–H and O–H groups in total. The molecule has 0 unspecified atom stereocenters. The summed E-state index contributed by atoms with van der Waals surface area (Å²) in [7, 11) is 0. The van der Waals surface area contributed by atoms with Gasteiger partial charge in [0.25, 0.3) is 0 Å². The van der Waals surface area contributed by atoms with E-state index in [0.29, 0.717) is 23.6 Å². The van der Waals surface area contributed by atoms with Crippen LogP contribution in [0.4, 0.5) is 4.39 Å². The zero-order valence-electron chi connectivity index (χ0n) is 17.5. The molecule has 0 saturated heterocycles. The molecule has 0 heterocycles. The predicted molar refractivity (Wildman–Crippen MR) is 122 cm³/mol. The van der Waals surface area contributed by atoms with Crippen LogP contribution < -0.4 is 5.32 Å². The average molecular weight is 451 g/mol. The highest BCUT2D eigenvalue weighted by atomic mass is 35.5. The van der Waals surface area contributed by atoms with Crippen molar-refractivity contribution >= 4 is 35.2 Å². The van der Waals surface area contributed by atoms with Gasteiger partial charge in [0.15, 0.2) is 0 Å². The van der Waals surface area contributed by atoms with E-state index < -0.39 is 6.04 Å². The Bertz CT molecular complexity index is 828. The predicted octanol–water partition coefficient (Wildman–Crippen LogP) is 5.04. The molecule has 2 rings (SSSR count). The summed E-state index contributed by atoms with van der Waals surface area (Å²) >= 11 is 7.36. The van der Waals surface area contributed by atoms with E-state index in [2.05, 4.69) is 5.32 Å². The molecule has 7 heteroatoms. The molecular formula is C23H28ClFN2O2S. The highest BCUT2D eigenvalue weighted by molar-refractivity contribution is 7.99. The van der Waals surface area contributed by atoms with Crippen molar-refractivity contribution in [2.24, 2.45) is 0 Å². The van der Waals surface area contributed by atoms with Crippen LogP contribution >= 0.6 is 23.4 Å². The van der Waals surface area contributed by atoms with E-state index in [4.69, 9.17) is 11.6 Å². The molecule has 0 aliphatic heterocycles. The van der Waals surface area contributed by atoms with Crippen molar-refractivity contribution in [3.8, 4) is 0 Å². The number of hydrogen-bond donors (Lipinski definition) is 1. The van der Waals surface area contributed by atoms with Gasteiger partial charge in [-0.25, -0.2) is 4.39 Å². The third-order valence-corrected chi connectivity index (χ3v) is 5.84. The fourth-order valence-corrected chi connectivity index (χ4v) is 4.32. The van der Waals surface area contributed by atoms with Gasteiger partial charge in [0.2, 0.25) is 11.8 Å². The van der Waals surface area contributed by atoms with Gasteiger partial charge < -0.3 is 10.2 Å². The molecule has 162 valence electrons. The maximum atomic E-state index is 14.0. The van der Waals surface area contributed by atoms with Gasteiger partial charge in [0, 0.05) is 28.9 Å². The van der Waals surface area contributed by atoms with E-state index in [9.17, 15) is 14.0 Å². The highest BCUT2D eigenvalue weighted by Crippen LogP contribution is 2.24. The van der Waals surface area contributed by atoms with E-state index in [-0.39, 0.29) is 35.2 Å². The van der Waals surface area contributed by atoms with Crippen LogP contribution in [0.2, 0.25) is 5.02 Å². The summed E-state index contributed by atoms with van der Waals surface area (Å²) in [6.45, 7) is 6.01. The van der Waals surface area contributed by atoms with Crippen molar-refractivity contribution in [3.05, 3.63) is 70.5 Å². The molecule has 30 heavy (non-hydrogen) atoms. The number of halogens is 2. The van der Waals surface area contributed by atoms with Crippen LogP contribution in [0.15, 0.2) is 48.5 Å². The molecule has 0 aromatic heterocycles. The Morgan fingerprint density at radius 1 is 1.13 bits per heavy atom. The fourth-order valence-electron chi connectivity index (χ4n) is 3.07. The second kappa shape index (κ2) is 12.0. The fraction of sp³-hybridized carbons (Fsp3) is 0.391. The largest absolute Gasteiger partial charge is 0.352 e. The van der Waals surface area contributed by atoms with Gasteiger partial charge in [-0.1, -0.05) is 54.9 Å². The minimum Gasteiger partial charge on any atom is -0.352 e. The van der Waals surface area contributed by atoms with Gasteiger partial charge in [-0.05, 0) is 38.0 Å². The van der Waals surface area contributed by atoms with Gasteiger partial charge >= 0.3 is 0 Å². The lowest BCUT2D eigenvalue weighted by atomic mass is 10.1. The summed E-state index contributed by atoms with van der Waals surface area (Å²) in [5.74, 6) is -0.304. The van der Waals surface area contributed by atoms with Crippen molar-refractivity contribution in [1.82, 2.24) is 10.2 Å². The van der Waals surface area contributed by atoms with Crippen molar-refractivity contribution in [2.75, 3.05) is 5.75 Å². The first-order valence-corrected chi connectivity index (χ1v) is 11.5. The maximum absolute atomic E-state index is 14.0. The number of amides is 2. The topological polar surface area (TPSA) is 49.4 Å². The number of nitrogens with zero attached hydrogens (tertiary/aromatic N) is 1. The van der Waals surface area contributed by atoms with Gasteiger partial charge in [-0.3, -0.25) is 9.59 Å². The van der Waals surface area contributed by atoms with E-state index in [1.54, 1.807) is 17.0 Å². The second-order valence-corrected chi connectivity index (χ2v) is 8.68. The number of carbonyl (C=O) groups excluding carboxylic acids is 2. The molecule has 2 aromatic rings. The smallest absolute Gasteiger partial charge is 0.243 e. The summed E-state index contributed by atoms with van der Waals surface area (Å²) < 4.78 is 14.0. The first-order chi connectivity index (χ1) is 14.3. The number of carbonyl (C=O) groups is 2. The zero-order chi connectivity index (χ0) is 22.1. The lowest BCUT2D eigenvalue weighted by molar-refractivity contribution is -0.139. The summed E-state index contributed by atoms with van der Waals surface area (Å²) in [4.78, 5) is 27.4. The molecule has 0 fully saturated rings. The summed E-state index contributed by atoms with van der Waals surface area (Å²) in [5.41, 5.74) is 1.33. The maximum Gasteiger partial charge on any atom is 0.243 e. The standard InChI is InChI=1S/C23H28ClFN2O2S/c1-4-21(23(29)26-16(2)3)27(13-17-9-6-5-7-10-17)22(28)15-30-14-18-19(24)11-8-12-20(18)25/h5-12,16,21H,4,13-15H2,1-3H3,(H,26,29)/t21-/m1/s1. The molecule has 0 bridgehead atoms. The van der Waals surface area contributed by atoms with Crippen molar-refractivity contribution in [1.29, 1.82) is 0 Å². The quantitative estimate of drug-likeness (QED) is 0.551. The summed E-state index contributed by atoms with van der Waals surface area (Å²) in [6.07, 6.45) is 0.501. The zero-order valence-corrected chi connectivity index (χ0v) is 19.1. The third-order valence-electron chi connectivity index (χ3n) is 4.55. The number of nitrogens with one attached hydrogen (secondary N) is 1. The SMILES string of the molecule is CC[C@H](C(=O)NC(C)C)N(Cc1ccccc1)C(=O)CSCc1c(F)cccc1Cl. The number of rotatable bonds is 10. The van der Waals surface area contributed by atoms with Crippen LogP contribution in [0, 0.1) is 5.82 Å². The number of benzene rings is 2. The molecule has 2 amide bonds. The average Bonchev–Trinajstić information content (AvgIpc) is 2.70. The lowest BCUT2D eigenvalue weighted by Gasteiger charge is -2.31. The summed E-state index contributed by atoms with van der Waals surface area (Å²) in [5, 5.41) is 3.25. The Labute approximate surface area is 187 Å². The van der Waals surface area contributed by atoms with Crippen LogP contribution in [0.1, 0.15) is 38.3 Å². The molecule has 1 atom stereocenters. The van der Waals surface area contributed by atoms with E-state index >= 15 is 0 Å². The first-order valence-electron chi connectivity index (χ1n) is 9.97. The van der Waals surface area contributed by atoms with Gasteiger partial charge in [-0.15, -0.1) is 11.8 Å². The second-order valence-electron chi connectivity index (χ2n) is 7.29.